The number of aryl methyl sites for hydroxylation is 2. The highest BCUT2D eigenvalue weighted by Crippen LogP contribution is 2.29. The summed E-state index contributed by atoms with van der Waals surface area (Å²) < 4.78 is 27.0. The fourth-order valence-electron chi connectivity index (χ4n) is 4.00. The summed E-state index contributed by atoms with van der Waals surface area (Å²) in [4.78, 5) is 9.31. The second-order valence-corrected chi connectivity index (χ2v) is 7.75. The number of ether oxygens (including phenoxy) is 2. The van der Waals surface area contributed by atoms with Gasteiger partial charge in [-0.3, -0.25) is 4.99 Å². The first-order chi connectivity index (χ1) is 15.7. The summed E-state index contributed by atoms with van der Waals surface area (Å²) in [5.74, 6) is 2.25. The first-order valence-electron chi connectivity index (χ1n) is 11.1. The Hall–Kier alpha value is -2.40. The molecule has 0 atom stereocenters. The minimum absolute atomic E-state index is 0. The largest absolute Gasteiger partial charge is 0.467 e. The quantitative estimate of drug-likeness (QED) is 0.185. The Bertz CT molecular complexity index is 1100. The van der Waals surface area contributed by atoms with Crippen LogP contribution in [0.5, 0.6) is 5.75 Å². The number of aromatic nitrogens is 2. The van der Waals surface area contributed by atoms with Crippen LogP contribution in [0.4, 0.5) is 4.39 Å². The number of benzene rings is 2. The lowest BCUT2D eigenvalue weighted by molar-refractivity contribution is -0.0172. The molecule has 2 heterocycles. The zero-order chi connectivity index (χ0) is 22.3. The number of aliphatic imine (C=N–C) groups is 1. The molecule has 0 bridgehead atoms. The Morgan fingerprint density at radius 2 is 2.09 bits per heavy atom. The summed E-state index contributed by atoms with van der Waals surface area (Å²) in [5.41, 5.74) is 3.78. The van der Waals surface area contributed by atoms with Gasteiger partial charge in [0, 0.05) is 31.7 Å². The first-order valence-corrected chi connectivity index (χ1v) is 11.1. The van der Waals surface area contributed by atoms with E-state index in [2.05, 4.69) is 26.3 Å². The molecule has 0 radical (unpaired) electrons. The van der Waals surface area contributed by atoms with Crippen LogP contribution in [-0.2, 0) is 24.3 Å². The average molecular weight is 567 g/mol. The van der Waals surface area contributed by atoms with Crippen molar-refractivity contribution in [2.45, 2.75) is 39.8 Å². The molecule has 0 aliphatic carbocycles. The van der Waals surface area contributed by atoms with Crippen molar-refractivity contribution in [3.05, 3.63) is 59.2 Å². The van der Waals surface area contributed by atoms with Crippen molar-refractivity contribution in [1.29, 1.82) is 0 Å². The van der Waals surface area contributed by atoms with Crippen LogP contribution >= 0.6 is 24.0 Å². The highest BCUT2D eigenvalue weighted by atomic mass is 127. The molecule has 178 valence electrons. The van der Waals surface area contributed by atoms with Gasteiger partial charge in [-0.25, -0.2) is 9.37 Å². The number of nitrogens with zero attached hydrogens (tertiary/aromatic N) is 3. The third kappa shape index (κ3) is 6.35. The van der Waals surface area contributed by atoms with Gasteiger partial charge in [0.1, 0.15) is 17.4 Å². The van der Waals surface area contributed by atoms with Crippen LogP contribution in [0.3, 0.4) is 0 Å². The molecule has 0 saturated heterocycles. The average Bonchev–Trinajstić information content (AvgIpc) is 3.11. The molecule has 4 rings (SSSR count). The molecule has 1 aliphatic heterocycles. The third-order valence-corrected chi connectivity index (χ3v) is 5.44. The van der Waals surface area contributed by atoms with Crippen molar-refractivity contribution in [3.63, 3.8) is 0 Å². The van der Waals surface area contributed by atoms with Gasteiger partial charge in [-0.15, -0.1) is 24.0 Å². The number of nitrogens with one attached hydrogen (secondary N) is 2. The molecule has 0 unspecified atom stereocenters. The number of hydrogen-bond acceptors (Lipinski definition) is 4. The van der Waals surface area contributed by atoms with Gasteiger partial charge in [-0.1, -0.05) is 12.1 Å². The lowest BCUT2D eigenvalue weighted by atomic mass is 10.1. The maximum atomic E-state index is 13.9. The van der Waals surface area contributed by atoms with E-state index in [0.717, 1.165) is 59.2 Å². The van der Waals surface area contributed by atoms with Gasteiger partial charge >= 0.3 is 0 Å². The van der Waals surface area contributed by atoms with Gasteiger partial charge in [0.15, 0.2) is 12.8 Å². The number of fused-ring (bicyclic) bond motifs is 2. The van der Waals surface area contributed by atoms with Gasteiger partial charge < -0.3 is 24.7 Å². The van der Waals surface area contributed by atoms with Gasteiger partial charge in [0.05, 0.1) is 17.6 Å². The van der Waals surface area contributed by atoms with Crippen LogP contribution < -0.4 is 15.4 Å². The Kier molecular flexibility index (Phi) is 9.30. The standard InChI is InChI=1S/C24H30FN5O2.HI/c1-3-26-24(27-10-6-12-30-17(2)29-21-7-4-5-8-22(21)30)28-11-9-18-13-20(25)14-19-15-31-16-32-23(18)19;/h4-5,7-8,13-14H,3,6,9-12,15-16H2,1-2H3,(H2,26,27,28);1H. The molecule has 7 nitrogen and oxygen atoms in total. The Morgan fingerprint density at radius 3 is 2.94 bits per heavy atom. The molecule has 33 heavy (non-hydrogen) atoms. The third-order valence-electron chi connectivity index (χ3n) is 5.44. The number of hydrogen-bond donors (Lipinski definition) is 2. The minimum atomic E-state index is -0.268. The predicted molar refractivity (Wildman–Crippen MR) is 139 cm³/mol. The monoisotopic (exact) mass is 567 g/mol. The van der Waals surface area contributed by atoms with Crippen molar-refractivity contribution in [1.82, 2.24) is 20.2 Å². The molecule has 0 amide bonds. The van der Waals surface area contributed by atoms with Crippen LogP contribution in [0.2, 0.25) is 0 Å². The van der Waals surface area contributed by atoms with E-state index in [9.17, 15) is 4.39 Å². The Morgan fingerprint density at radius 1 is 1.24 bits per heavy atom. The Labute approximate surface area is 210 Å². The molecular formula is C24H31FIN5O2. The molecule has 2 aromatic carbocycles. The van der Waals surface area contributed by atoms with E-state index < -0.39 is 0 Å². The SMILES string of the molecule is CCNC(=NCCCn1c(C)nc2ccccc21)NCCc1cc(F)cc2c1OCOC2.I. The zero-order valence-electron chi connectivity index (χ0n) is 19.1. The molecule has 0 spiro atoms. The molecule has 1 aromatic heterocycles. The van der Waals surface area contributed by atoms with E-state index >= 15 is 0 Å². The summed E-state index contributed by atoms with van der Waals surface area (Å²) in [6.45, 7) is 7.61. The number of para-hydroxylation sites is 2. The van der Waals surface area contributed by atoms with E-state index in [1.165, 1.54) is 12.1 Å². The number of imidazole rings is 1. The first kappa shape index (κ1) is 25.2. The summed E-state index contributed by atoms with van der Waals surface area (Å²) in [5, 5.41) is 6.61. The molecule has 2 N–H and O–H groups in total. The van der Waals surface area contributed by atoms with Gasteiger partial charge in [-0.05, 0) is 56.5 Å². The fourth-order valence-corrected chi connectivity index (χ4v) is 4.00. The smallest absolute Gasteiger partial charge is 0.191 e. The fraction of sp³-hybridized carbons (Fsp3) is 0.417. The van der Waals surface area contributed by atoms with E-state index in [0.29, 0.717) is 26.1 Å². The minimum Gasteiger partial charge on any atom is -0.467 e. The molecule has 0 saturated carbocycles. The van der Waals surface area contributed by atoms with Crippen molar-refractivity contribution in [3.8, 4) is 5.75 Å². The molecular weight excluding hydrogens is 536 g/mol. The highest BCUT2D eigenvalue weighted by molar-refractivity contribution is 14.0. The van der Waals surface area contributed by atoms with E-state index in [1.807, 2.05) is 32.0 Å². The van der Waals surface area contributed by atoms with Crippen LogP contribution in [0.1, 0.15) is 30.3 Å². The molecule has 9 heteroatoms. The van der Waals surface area contributed by atoms with Crippen LogP contribution in [0.25, 0.3) is 11.0 Å². The van der Waals surface area contributed by atoms with Crippen molar-refractivity contribution in [2.75, 3.05) is 26.4 Å². The number of halogens is 2. The Balaban J connectivity index is 0.00000306. The highest BCUT2D eigenvalue weighted by Gasteiger charge is 2.16. The lowest BCUT2D eigenvalue weighted by Crippen LogP contribution is -2.38. The summed E-state index contributed by atoms with van der Waals surface area (Å²) in [6.07, 6.45) is 1.54. The number of guanidine groups is 1. The second kappa shape index (κ2) is 12.2. The predicted octanol–water partition coefficient (Wildman–Crippen LogP) is 4.16. The van der Waals surface area contributed by atoms with E-state index in [1.54, 1.807) is 0 Å². The summed E-state index contributed by atoms with van der Waals surface area (Å²) in [7, 11) is 0. The lowest BCUT2D eigenvalue weighted by Gasteiger charge is -2.21. The summed E-state index contributed by atoms with van der Waals surface area (Å²) >= 11 is 0. The van der Waals surface area contributed by atoms with Crippen molar-refractivity contribution >= 4 is 41.0 Å². The topological polar surface area (TPSA) is 72.7 Å². The van der Waals surface area contributed by atoms with Gasteiger partial charge in [-0.2, -0.15) is 0 Å². The van der Waals surface area contributed by atoms with Crippen molar-refractivity contribution in [2.24, 2.45) is 4.99 Å². The van der Waals surface area contributed by atoms with Crippen molar-refractivity contribution < 1.29 is 13.9 Å². The number of rotatable bonds is 8. The maximum absolute atomic E-state index is 13.9. The zero-order valence-corrected chi connectivity index (χ0v) is 21.4. The molecule has 3 aromatic rings. The van der Waals surface area contributed by atoms with Crippen LogP contribution in [-0.4, -0.2) is 41.9 Å². The van der Waals surface area contributed by atoms with Crippen LogP contribution in [0.15, 0.2) is 41.4 Å². The van der Waals surface area contributed by atoms with E-state index in [-0.39, 0.29) is 36.6 Å². The summed E-state index contributed by atoms with van der Waals surface area (Å²) in [6, 6.07) is 11.2. The van der Waals surface area contributed by atoms with Gasteiger partial charge in [0.2, 0.25) is 0 Å². The molecule has 0 fully saturated rings. The second-order valence-electron chi connectivity index (χ2n) is 7.75. The van der Waals surface area contributed by atoms with Crippen LogP contribution in [0, 0.1) is 12.7 Å². The van der Waals surface area contributed by atoms with E-state index in [4.69, 9.17) is 14.5 Å². The molecule has 1 aliphatic rings. The van der Waals surface area contributed by atoms with Gasteiger partial charge in [0.25, 0.3) is 0 Å². The maximum Gasteiger partial charge on any atom is 0.191 e. The normalized spacial score (nSPS) is 13.2.